The fourth-order valence-corrected chi connectivity index (χ4v) is 2.29. The highest BCUT2D eigenvalue weighted by Crippen LogP contribution is 2.17. The van der Waals surface area contributed by atoms with E-state index in [4.69, 9.17) is 16.0 Å². The first-order chi connectivity index (χ1) is 10.6. The molecule has 0 saturated heterocycles. The number of benzene rings is 2. The topological polar surface area (TPSA) is 75.1 Å². The minimum absolute atomic E-state index is 0.0971. The Morgan fingerprint density at radius 1 is 1.18 bits per heavy atom. The van der Waals surface area contributed by atoms with E-state index >= 15 is 0 Å². The Labute approximate surface area is 130 Å². The molecule has 0 fully saturated rings. The number of aryl methyl sites for hydroxylation is 1. The summed E-state index contributed by atoms with van der Waals surface area (Å²) >= 11 is 5.82. The van der Waals surface area contributed by atoms with Gasteiger partial charge in [0.2, 0.25) is 5.91 Å². The van der Waals surface area contributed by atoms with E-state index in [1.165, 1.54) is 0 Å². The van der Waals surface area contributed by atoms with Crippen LogP contribution >= 0.6 is 11.6 Å². The number of oxazole rings is 1. The maximum absolute atomic E-state index is 12.0. The van der Waals surface area contributed by atoms with Crippen molar-refractivity contribution in [2.24, 2.45) is 0 Å². The van der Waals surface area contributed by atoms with Crippen molar-refractivity contribution in [3.05, 3.63) is 63.6 Å². The van der Waals surface area contributed by atoms with Crippen LogP contribution in [0.1, 0.15) is 12.0 Å². The van der Waals surface area contributed by atoms with Crippen LogP contribution in [0.4, 0.5) is 5.69 Å². The number of anilines is 1. The molecule has 0 atom stereocenters. The van der Waals surface area contributed by atoms with Crippen molar-refractivity contribution in [3.8, 4) is 0 Å². The summed E-state index contributed by atoms with van der Waals surface area (Å²) < 4.78 is 4.91. The maximum atomic E-state index is 12.0. The fraction of sp³-hybridized carbons (Fsp3) is 0.125. The van der Waals surface area contributed by atoms with Crippen molar-refractivity contribution in [1.82, 2.24) is 4.98 Å². The Hall–Kier alpha value is -2.53. The van der Waals surface area contributed by atoms with Gasteiger partial charge in [0.15, 0.2) is 5.58 Å². The molecule has 0 bridgehead atoms. The second-order valence-corrected chi connectivity index (χ2v) is 5.34. The Bertz CT molecular complexity index is 865. The van der Waals surface area contributed by atoms with Crippen molar-refractivity contribution < 1.29 is 9.21 Å². The molecule has 1 amide bonds. The van der Waals surface area contributed by atoms with Crippen molar-refractivity contribution in [1.29, 1.82) is 0 Å². The molecule has 0 unspecified atom stereocenters. The van der Waals surface area contributed by atoms with Crippen LogP contribution in [0.3, 0.4) is 0 Å². The van der Waals surface area contributed by atoms with Gasteiger partial charge in [0.1, 0.15) is 0 Å². The molecule has 0 spiro atoms. The van der Waals surface area contributed by atoms with Crippen molar-refractivity contribution in [3.63, 3.8) is 0 Å². The van der Waals surface area contributed by atoms with Gasteiger partial charge in [-0.25, -0.2) is 4.79 Å². The SMILES string of the molecule is O=C(CCc1ccc(Cl)cc1)Nc1ccc2oc(=O)[nH]c2c1. The third-order valence-corrected chi connectivity index (χ3v) is 3.51. The van der Waals surface area contributed by atoms with Crippen LogP contribution in [-0.2, 0) is 11.2 Å². The normalized spacial score (nSPS) is 10.8. The summed E-state index contributed by atoms with van der Waals surface area (Å²) in [6.07, 6.45) is 0.995. The molecule has 3 rings (SSSR count). The number of aromatic nitrogens is 1. The number of H-pyrrole nitrogens is 1. The Kier molecular flexibility index (Phi) is 3.98. The average Bonchev–Trinajstić information content (AvgIpc) is 2.86. The summed E-state index contributed by atoms with van der Waals surface area (Å²) in [4.78, 5) is 25.6. The van der Waals surface area contributed by atoms with E-state index < -0.39 is 5.76 Å². The molecule has 22 heavy (non-hydrogen) atoms. The number of fused-ring (bicyclic) bond motifs is 1. The highest BCUT2D eigenvalue weighted by Gasteiger charge is 2.06. The van der Waals surface area contributed by atoms with Crippen molar-refractivity contribution in [2.45, 2.75) is 12.8 Å². The number of carbonyl (C=O) groups is 1. The number of carbonyl (C=O) groups excluding carboxylic acids is 1. The van der Waals surface area contributed by atoms with E-state index in [2.05, 4.69) is 10.3 Å². The lowest BCUT2D eigenvalue weighted by Gasteiger charge is -2.05. The number of hydrogen-bond donors (Lipinski definition) is 2. The van der Waals surface area contributed by atoms with E-state index in [0.29, 0.717) is 34.7 Å². The molecule has 0 aliphatic carbocycles. The quantitative estimate of drug-likeness (QED) is 0.775. The third kappa shape index (κ3) is 3.38. The molecule has 112 valence electrons. The van der Waals surface area contributed by atoms with Gasteiger partial charge in [0.25, 0.3) is 0 Å². The Morgan fingerprint density at radius 2 is 1.95 bits per heavy atom. The standard InChI is InChI=1S/C16H13ClN2O3/c17-11-4-1-10(2-5-11)3-8-15(20)18-12-6-7-14-13(9-12)19-16(21)22-14/h1-2,4-7,9H,3,8H2,(H,18,20)(H,19,21). The highest BCUT2D eigenvalue weighted by molar-refractivity contribution is 6.30. The van der Waals surface area contributed by atoms with Gasteiger partial charge < -0.3 is 9.73 Å². The lowest BCUT2D eigenvalue weighted by Crippen LogP contribution is -2.12. The van der Waals surface area contributed by atoms with Gasteiger partial charge in [-0.3, -0.25) is 9.78 Å². The fourth-order valence-electron chi connectivity index (χ4n) is 2.16. The first-order valence-corrected chi connectivity index (χ1v) is 7.15. The lowest BCUT2D eigenvalue weighted by atomic mass is 10.1. The summed E-state index contributed by atoms with van der Waals surface area (Å²) in [6.45, 7) is 0. The van der Waals surface area contributed by atoms with Crippen LogP contribution in [0.2, 0.25) is 5.02 Å². The van der Waals surface area contributed by atoms with Crippen LogP contribution in [0.15, 0.2) is 51.7 Å². The van der Waals surface area contributed by atoms with Crippen LogP contribution in [0, 0.1) is 0 Å². The smallest absolute Gasteiger partial charge is 0.408 e. The molecule has 6 heteroatoms. The summed E-state index contributed by atoms with van der Waals surface area (Å²) in [5.74, 6) is -0.610. The third-order valence-electron chi connectivity index (χ3n) is 3.26. The molecule has 1 aromatic heterocycles. The van der Waals surface area contributed by atoms with E-state index in [1.807, 2.05) is 12.1 Å². The summed E-state index contributed by atoms with van der Waals surface area (Å²) in [5, 5.41) is 3.47. The molecule has 0 aliphatic heterocycles. The van der Waals surface area contributed by atoms with Gasteiger partial charge in [0, 0.05) is 17.1 Å². The predicted octanol–water partition coefficient (Wildman–Crippen LogP) is 3.35. The molecule has 3 aromatic rings. The first kappa shape index (κ1) is 14.4. The Morgan fingerprint density at radius 3 is 2.73 bits per heavy atom. The number of hydrogen-bond acceptors (Lipinski definition) is 3. The number of halogens is 1. The van der Waals surface area contributed by atoms with Crippen LogP contribution in [0.25, 0.3) is 11.1 Å². The number of aromatic amines is 1. The maximum Gasteiger partial charge on any atom is 0.417 e. The number of rotatable bonds is 4. The molecule has 0 saturated carbocycles. The van der Waals surface area contributed by atoms with Gasteiger partial charge in [-0.2, -0.15) is 0 Å². The molecule has 1 heterocycles. The zero-order valence-corrected chi connectivity index (χ0v) is 12.3. The molecule has 2 aromatic carbocycles. The largest absolute Gasteiger partial charge is 0.417 e. The van der Waals surface area contributed by atoms with E-state index in [-0.39, 0.29) is 5.91 Å². The van der Waals surface area contributed by atoms with E-state index in [9.17, 15) is 9.59 Å². The molecule has 5 nitrogen and oxygen atoms in total. The highest BCUT2D eigenvalue weighted by atomic mass is 35.5. The number of amides is 1. The molecule has 2 N–H and O–H groups in total. The molecular weight excluding hydrogens is 304 g/mol. The van der Waals surface area contributed by atoms with Gasteiger partial charge in [-0.15, -0.1) is 0 Å². The summed E-state index contributed by atoms with van der Waals surface area (Å²) in [5.41, 5.74) is 2.68. The second kappa shape index (κ2) is 6.07. The van der Waals surface area contributed by atoms with Gasteiger partial charge in [0.05, 0.1) is 5.52 Å². The average molecular weight is 317 g/mol. The monoisotopic (exact) mass is 316 g/mol. The van der Waals surface area contributed by atoms with Gasteiger partial charge in [-0.05, 0) is 42.3 Å². The zero-order chi connectivity index (χ0) is 15.5. The Balaban J connectivity index is 1.62. The minimum atomic E-state index is -0.513. The minimum Gasteiger partial charge on any atom is -0.408 e. The molecular formula is C16H13ClN2O3. The van der Waals surface area contributed by atoms with Crippen LogP contribution in [-0.4, -0.2) is 10.9 Å². The van der Waals surface area contributed by atoms with E-state index in [0.717, 1.165) is 5.56 Å². The zero-order valence-electron chi connectivity index (χ0n) is 11.6. The summed E-state index contributed by atoms with van der Waals surface area (Å²) in [7, 11) is 0. The van der Waals surface area contributed by atoms with E-state index in [1.54, 1.807) is 30.3 Å². The van der Waals surface area contributed by atoms with Crippen LogP contribution < -0.4 is 11.1 Å². The number of nitrogens with one attached hydrogen (secondary N) is 2. The lowest BCUT2D eigenvalue weighted by molar-refractivity contribution is -0.116. The first-order valence-electron chi connectivity index (χ1n) is 6.77. The summed E-state index contributed by atoms with van der Waals surface area (Å²) in [6, 6.07) is 12.4. The molecule has 0 radical (unpaired) electrons. The molecule has 0 aliphatic rings. The second-order valence-electron chi connectivity index (χ2n) is 4.90. The van der Waals surface area contributed by atoms with Crippen LogP contribution in [0.5, 0.6) is 0 Å². The van der Waals surface area contributed by atoms with Crippen molar-refractivity contribution >= 4 is 34.3 Å². The van der Waals surface area contributed by atoms with Gasteiger partial charge >= 0.3 is 5.76 Å². The predicted molar refractivity (Wildman–Crippen MR) is 85.2 cm³/mol. The van der Waals surface area contributed by atoms with Gasteiger partial charge in [-0.1, -0.05) is 23.7 Å². The van der Waals surface area contributed by atoms with Crippen molar-refractivity contribution in [2.75, 3.05) is 5.32 Å².